The van der Waals surface area contributed by atoms with E-state index in [1.54, 1.807) is 17.1 Å². The zero-order valence-electron chi connectivity index (χ0n) is 14.1. The van der Waals surface area contributed by atoms with Crippen LogP contribution in [0.25, 0.3) is 11.3 Å². The number of pyridine rings is 1. The Bertz CT molecular complexity index is 829. The van der Waals surface area contributed by atoms with E-state index in [-0.39, 0.29) is 6.03 Å². The van der Waals surface area contributed by atoms with E-state index in [0.717, 1.165) is 23.2 Å². The van der Waals surface area contributed by atoms with Crippen molar-refractivity contribution in [3.63, 3.8) is 0 Å². The molecule has 128 valence electrons. The van der Waals surface area contributed by atoms with Crippen molar-refractivity contribution in [1.82, 2.24) is 25.4 Å². The number of carbonyl (C=O) groups excluding carboxylic acids is 1. The molecule has 3 aromatic rings. The summed E-state index contributed by atoms with van der Waals surface area (Å²) in [6.45, 7) is 1.01. The number of aryl methyl sites for hydroxylation is 1. The first-order valence-corrected chi connectivity index (χ1v) is 8.21. The fourth-order valence-corrected chi connectivity index (χ4v) is 2.59. The van der Waals surface area contributed by atoms with Crippen LogP contribution in [0.2, 0.25) is 0 Å². The molecule has 0 spiro atoms. The molecule has 0 aliphatic rings. The molecule has 2 N–H and O–H groups in total. The number of aromatic nitrogens is 3. The molecule has 0 radical (unpaired) electrons. The Morgan fingerprint density at radius 3 is 2.72 bits per heavy atom. The number of hydrogen-bond acceptors (Lipinski definition) is 3. The first-order valence-electron chi connectivity index (χ1n) is 8.21. The predicted octanol–water partition coefficient (Wildman–Crippen LogP) is 2.52. The van der Waals surface area contributed by atoms with Crippen LogP contribution in [-0.2, 0) is 20.0 Å². The number of nitrogens with zero attached hydrogens (tertiary/aromatic N) is 3. The van der Waals surface area contributed by atoms with Crippen LogP contribution in [-0.4, -0.2) is 27.3 Å². The van der Waals surface area contributed by atoms with Crippen LogP contribution in [0, 0.1) is 0 Å². The second-order valence-electron chi connectivity index (χ2n) is 5.76. The molecule has 1 aromatic carbocycles. The fourth-order valence-electron chi connectivity index (χ4n) is 2.59. The molecule has 6 nitrogen and oxygen atoms in total. The lowest BCUT2D eigenvalue weighted by atomic mass is 10.1. The maximum Gasteiger partial charge on any atom is 0.315 e. The van der Waals surface area contributed by atoms with E-state index >= 15 is 0 Å². The Kier molecular flexibility index (Phi) is 5.41. The molecule has 0 unspecified atom stereocenters. The number of nitrogens with one attached hydrogen (secondary N) is 2. The van der Waals surface area contributed by atoms with Gasteiger partial charge in [-0.25, -0.2) is 4.79 Å². The molecule has 3 rings (SSSR count). The van der Waals surface area contributed by atoms with E-state index in [2.05, 4.69) is 32.8 Å². The summed E-state index contributed by atoms with van der Waals surface area (Å²) in [7, 11) is 1.87. The van der Waals surface area contributed by atoms with Crippen molar-refractivity contribution in [1.29, 1.82) is 0 Å². The van der Waals surface area contributed by atoms with Gasteiger partial charge >= 0.3 is 6.03 Å². The maximum absolute atomic E-state index is 12.0. The summed E-state index contributed by atoms with van der Waals surface area (Å²) in [4.78, 5) is 16.4. The Labute approximate surface area is 146 Å². The van der Waals surface area contributed by atoms with E-state index < -0.39 is 0 Å². The summed E-state index contributed by atoms with van der Waals surface area (Å²) in [5.74, 6) is 0. The predicted molar refractivity (Wildman–Crippen MR) is 96.8 cm³/mol. The first kappa shape index (κ1) is 16.7. The maximum atomic E-state index is 12.0. The van der Waals surface area contributed by atoms with Gasteiger partial charge in [0.1, 0.15) is 0 Å². The van der Waals surface area contributed by atoms with E-state index in [1.165, 1.54) is 5.56 Å². The summed E-state index contributed by atoms with van der Waals surface area (Å²) in [6.07, 6.45) is 6.23. The van der Waals surface area contributed by atoms with Crippen molar-refractivity contribution in [2.45, 2.75) is 13.0 Å². The number of amides is 2. The second kappa shape index (κ2) is 8.10. The molecular weight excluding hydrogens is 314 g/mol. The summed E-state index contributed by atoms with van der Waals surface area (Å²) in [6, 6.07) is 13.7. The van der Waals surface area contributed by atoms with Crippen LogP contribution in [0.5, 0.6) is 0 Å². The molecule has 2 heterocycles. The number of rotatable bonds is 6. The van der Waals surface area contributed by atoms with Gasteiger partial charge in [-0.15, -0.1) is 0 Å². The largest absolute Gasteiger partial charge is 0.338 e. The molecule has 6 heteroatoms. The average molecular weight is 335 g/mol. The summed E-state index contributed by atoms with van der Waals surface area (Å²) in [5, 5.41) is 9.94. The highest BCUT2D eigenvalue weighted by Crippen LogP contribution is 2.19. The van der Waals surface area contributed by atoms with Gasteiger partial charge < -0.3 is 10.6 Å². The van der Waals surface area contributed by atoms with Gasteiger partial charge in [-0.2, -0.15) is 5.10 Å². The lowest BCUT2D eigenvalue weighted by Gasteiger charge is -2.10. The minimum absolute atomic E-state index is 0.183. The lowest BCUT2D eigenvalue weighted by molar-refractivity contribution is 0.240. The molecule has 0 saturated heterocycles. The Balaban J connectivity index is 1.52. The first-order chi connectivity index (χ1) is 12.2. The standard InChI is InChI=1S/C19H21N5O/c1-24-14-17(13-23-24)18-16(8-5-10-20-18)12-22-19(25)21-11-9-15-6-3-2-4-7-15/h2-8,10,13-14H,9,11-12H2,1H3,(H2,21,22,25). The van der Waals surface area contributed by atoms with Gasteiger partial charge in [0.25, 0.3) is 0 Å². The molecule has 0 bridgehead atoms. The highest BCUT2D eigenvalue weighted by atomic mass is 16.2. The van der Waals surface area contributed by atoms with E-state index in [0.29, 0.717) is 13.1 Å². The number of carbonyl (C=O) groups is 1. The van der Waals surface area contributed by atoms with Gasteiger partial charge in [0, 0.05) is 38.1 Å². The minimum Gasteiger partial charge on any atom is -0.338 e. The molecule has 0 aliphatic heterocycles. The summed E-state index contributed by atoms with van der Waals surface area (Å²) < 4.78 is 1.73. The van der Waals surface area contributed by atoms with Crippen molar-refractivity contribution < 1.29 is 4.79 Å². The highest BCUT2D eigenvalue weighted by Gasteiger charge is 2.09. The van der Waals surface area contributed by atoms with Crippen molar-refractivity contribution in [3.8, 4) is 11.3 Å². The van der Waals surface area contributed by atoms with Gasteiger partial charge in [-0.1, -0.05) is 36.4 Å². The van der Waals surface area contributed by atoms with Gasteiger partial charge in [0.15, 0.2) is 0 Å². The Hall–Kier alpha value is -3.15. The third-order valence-electron chi connectivity index (χ3n) is 3.85. The summed E-state index contributed by atoms with van der Waals surface area (Å²) >= 11 is 0. The van der Waals surface area contributed by atoms with Crippen molar-refractivity contribution in [2.75, 3.05) is 6.54 Å². The normalized spacial score (nSPS) is 10.4. The van der Waals surface area contributed by atoms with Crippen LogP contribution < -0.4 is 10.6 Å². The van der Waals surface area contributed by atoms with Crippen LogP contribution in [0.4, 0.5) is 4.79 Å². The zero-order chi connectivity index (χ0) is 17.5. The third kappa shape index (κ3) is 4.67. The Morgan fingerprint density at radius 2 is 1.96 bits per heavy atom. The minimum atomic E-state index is -0.183. The molecule has 0 atom stereocenters. The van der Waals surface area contributed by atoms with Gasteiger partial charge in [-0.3, -0.25) is 9.67 Å². The molecule has 0 fully saturated rings. The lowest BCUT2D eigenvalue weighted by Crippen LogP contribution is -2.36. The van der Waals surface area contributed by atoms with Crippen molar-refractivity contribution >= 4 is 6.03 Å². The van der Waals surface area contributed by atoms with E-state index in [4.69, 9.17) is 0 Å². The number of urea groups is 1. The third-order valence-corrected chi connectivity index (χ3v) is 3.85. The molecule has 0 aliphatic carbocycles. The number of hydrogen-bond donors (Lipinski definition) is 2. The number of benzene rings is 1. The quantitative estimate of drug-likeness (QED) is 0.727. The molecule has 25 heavy (non-hydrogen) atoms. The van der Waals surface area contributed by atoms with Gasteiger partial charge in [0.2, 0.25) is 0 Å². The molecular formula is C19H21N5O. The van der Waals surface area contributed by atoms with Crippen molar-refractivity contribution in [3.05, 3.63) is 72.2 Å². The molecule has 0 saturated carbocycles. The van der Waals surface area contributed by atoms with Crippen LogP contribution in [0.3, 0.4) is 0 Å². The monoisotopic (exact) mass is 335 g/mol. The average Bonchev–Trinajstić information content (AvgIpc) is 3.07. The van der Waals surface area contributed by atoms with Crippen molar-refractivity contribution in [2.24, 2.45) is 7.05 Å². The second-order valence-corrected chi connectivity index (χ2v) is 5.76. The zero-order valence-corrected chi connectivity index (χ0v) is 14.1. The van der Waals surface area contributed by atoms with Crippen LogP contribution in [0.15, 0.2) is 61.1 Å². The molecule has 2 aromatic heterocycles. The fraction of sp³-hybridized carbons (Fsp3) is 0.211. The van der Waals surface area contributed by atoms with Gasteiger partial charge in [-0.05, 0) is 23.6 Å². The van der Waals surface area contributed by atoms with E-state index in [1.807, 2.05) is 43.6 Å². The van der Waals surface area contributed by atoms with Crippen LogP contribution in [0.1, 0.15) is 11.1 Å². The highest BCUT2D eigenvalue weighted by molar-refractivity contribution is 5.74. The molecule has 2 amide bonds. The summed E-state index contributed by atoms with van der Waals surface area (Å²) in [5.41, 5.74) is 3.92. The Morgan fingerprint density at radius 1 is 1.12 bits per heavy atom. The van der Waals surface area contributed by atoms with E-state index in [9.17, 15) is 4.79 Å². The smallest absolute Gasteiger partial charge is 0.315 e. The topological polar surface area (TPSA) is 71.8 Å². The van der Waals surface area contributed by atoms with Crippen LogP contribution >= 0.6 is 0 Å². The van der Waals surface area contributed by atoms with Gasteiger partial charge in [0.05, 0.1) is 11.9 Å². The SMILES string of the molecule is Cn1cc(-c2ncccc2CNC(=O)NCCc2ccccc2)cn1.